The van der Waals surface area contributed by atoms with Gasteiger partial charge in [-0.25, -0.2) is 0 Å². The summed E-state index contributed by atoms with van der Waals surface area (Å²) in [7, 11) is -1.19. The zero-order valence-electron chi connectivity index (χ0n) is 12.5. The molecule has 2 rings (SSSR count). The Kier molecular flexibility index (Phi) is 4.21. The molecule has 3 nitrogen and oxygen atoms in total. The first-order chi connectivity index (χ1) is 8.86. The Hall–Kier alpha value is -1.00. The van der Waals surface area contributed by atoms with Crippen molar-refractivity contribution in [3.63, 3.8) is 0 Å². The van der Waals surface area contributed by atoms with Crippen LogP contribution in [0.4, 0.5) is 11.4 Å². The lowest BCUT2D eigenvalue weighted by Gasteiger charge is -2.28. The predicted molar refractivity (Wildman–Crippen MR) is 85.4 cm³/mol. The molecule has 2 N–H and O–H groups in total. The number of nitrogens with two attached hydrogens (primary N) is 1. The second-order valence-corrected chi connectivity index (χ2v) is 12.1. The first-order valence-electron chi connectivity index (χ1n) is 7.12. The molecule has 1 aromatic carbocycles. The van der Waals surface area contributed by atoms with Gasteiger partial charge >= 0.3 is 0 Å². The predicted octanol–water partition coefficient (Wildman–Crippen LogP) is 3.13. The van der Waals surface area contributed by atoms with Crippen molar-refractivity contribution >= 4 is 19.4 Å². The van der Waals surface area contributed by atoms with E-state index in [9.17, 15) is 0 Å². The molecule has 4 heteroatoms. The van der Waals surface area contributed by atoms with Crippen molar-refractivity contribution in [3.8, 4) is 0 Å². The molecule has 1 heterocycles. The highest BCUT2D eigenvalue weighted by atomic mass is 28.3. The summed E-state index contributed by atoms with van der Waals surface area (Å²) in [5, 5.41) is 0. The average molecular weight is 278 g/mol. The minimum absolute atomic E-state index is 0.374. The fourth-order valence-corrected chi connectivity index (χ4v) is 2.85. The molecule has 1 saturated heterocycles. The highest BCUT2D eigenvalue weighted by Crippen LogP contribution is 2.24. The van der Waals surface area contributed by atoms with E-state index >= 15 is 0 Å². The summed E-state index contributed by atoms with van der Waals surface area (Å²) in [5.74, 6) is 0. The van der Waals surface area contributed by atoms with Gasteiger partial charge in [-0.2, -0.15) is 0 Å². The van der Waals surface area contributed by atoms with Gasteiger partial charge in [-0.1, -0.05) is 19.6 Å². The third-order valence-electron chi connectivity index (χ3n) is 4.02. The number of hydrogen-bond acceptors (Lipinski definition) is 3. The number of benzene rings is 1. The highest BCUT2D eigenvalue weighted by Gasteiger charge is 2.30. The van der Waals surface area contributed by atoms with Crippen LogP contribution in [0.5, 0.6) is 0 Å². The molecule has 2 atom stereocenters. The van der Waals surface area contributed by atoms with Crippen molar-refractivity contribution in [1.82, 2.24) is 0 Å². The first kappa shape index (κ1) is 14.4. The maximum atomic E-state index is 6.25. The quantitative estimate of drug-likeness (QED) is 0.679. The molecule has 1 aromatic rings. The largest absolute Gasteiger partial charge is 0.399 e. The van der Waals surface area contributed by atoms with Crippen LogP contribution in [0.1, 0.15) is 13.3 Å². The third kappa shape index (κ3) is 3.73. The Balaban J connectivity index is 1.91. The SMILES string of the molecule is CC(OC1CCN(c2ccc(N)cc2)C1)[Si](C)(C)C. The summed E-state index contributed by atoms with van der Waals surface area (Å²) in [6, 6.07) is 8.13. The standard InChI is InChI=1S/C15H26N2OSi/c1-12(19(2,3)4)18-15-9-10-17(11-15)14-7-5-13(16)6-8-14/h5-8,12,15H,9-11,16H2,1-4H3. The number of nitrogen functional groups attached to an aromatic ring is 1. The maximum Gasteiger partial charge on any atom is 0.0781 e. The van der Waals surface area contributed by atoms with Gasteiger partial charge in [0, 0.05) is 30.2 Å². The summed E-state index contributed by atoms with van der Waals surface area (Å²) < 4.78 is 6.25. The Morgan fingerprint density at radius 3 is 2.47 bits per heavy atom. The summed E-state index contributed by atoms with van der Waals surface area (Å²) >= 11 is 0. The van der Waals surface area contributed by atoms with Gasteiger partial charge in [0.1, 0.15) is 0 Å². The number of nitrogens with zero attached hydrogens (tertiary/aromatic N) is 1. The van der Waals surface area contributed by atoms with E-state index in [1.165, 1.54) is 5.69 Å². The molecule has 1 fully saturated rings. The minimum Gasteiger partial charge on any atom is -0.399 e. The van der Waals surface area contributed by atoms with Crippen molar-refractivity contribution in [2.75, 3.05) is 23.7 Å². The summed E-state index contributed by atoms with van der Waals surface area (Å²) in [5.41, 5.74) is 8.22. The van der Waals surface area contributed by atoms with Gasteiger partial charge in [0.25, 0.3) is 0 Å². The summed E-state index contributed by atoms with van der Waals surface area (Å²) in [4.78, 5) is 2.39. The van der Waals surface area contributed by atoms with Gasteiger partial charge in [0.2, 0.25) is 0 Å². The molecule has 1 aliphatic rings. The third-order valence-corrected chi connectivity index (χ3v) is 6.59. The van der Waals surface area contributed by atoms with E-state index in [4.69, 9.17) is 10.5 Å². The molecule has 106 valence electrons. The van der Waals surface area contributed by atoms with Gasteiger partial charge in [0.05, 0.1) is 14.2 Å². The van der Waals surface area contributed by atoms with Gasteiger partial charge in [0.15, 0.2) is 0 Å². The topological polar surface area (TPSA) is 38.5 Å². The average Bonchev–Trinajstić information content (AvgIpc) is 2.77. The Bertz CT molecular complexity index is 413. The Morgan fingerprint density at radius 1 is 1.26 bits per heavy atom. The molecule has 0 aromatic heterocycles. The second kappa shape index (κ2) is 5.55. The number of ether oxygens (including phenoxy) is 1. The van der Waals surface area contributed by atoms with E-state index in [0.29, 0.717) is 11.8 Å². The number of rotatable bonds is 4. The lowest BCUT2D eigenvalue weighted by molar-refractivity contribution is 0.0482. The van der Waals surface area contributed by atoms with E-state index in [1.807, 2.05) is 12.1 Å². The highest BCUT2D eigenvalue weighted by molar-refractivity contribution is 6.77. The summed E-state index contributed by atoms with van der Waals surface area (Å²) in [6.45, 7) is 11.4. The maximum absolute atomic E-state index is 6.25. The number of anilines is 2. The van der Waals surface area contributed by atoms with Crippen LogP contribution < -0.4 is 10.6 Å². The molecule has 0 amide bonds. The van der Waals surface area contributed by atoms with Crippen LogP contribution in [-0.2, 0) is 4.74 Å². The van der Waals surface area contributed by atoms with Crippen LogP contribution in [0.15, 0.2) is 24.3 Å². The van der Waals surface area contributed by atoms with Crippen molar-refractivity contribution in [2.24, 2.45) is 0 Å². The molecule has 19 heavy (non-hydrogen) atoms. The molecular formula is C15H26N2OSi. The molecule has 0 spiro atoms. The molecule has 0 aliphatic carbocycles. The smallest absolute Gasteiger partial charge is 0.0781 e. The van der Waals surface area contributed by atoms with Crippen LogP contribution in [0.2, 0.25) is 19.6 Å². The Labute approximate surface area is 117 Å². The van der Waals surface area contributed by atoms with Crippen LogP contribution >= 0.6 is 0 Å². The van der Waals surface area contributed by atoms with Gasteiger partial charge in [-0.05, 0) is 37.6 Å². The Morgan fingerprint density at radius 2 is 1.89 bits per heavy atom. The molecule has 1 aliphatic heterocycles. The van der Waals surface area contributed by atoms with Crippen molar-refractivity contribution in [3.05, 3.63) is 24.3 Å². The van der Waals surface area contributed by atoms with Crippen molar-refractivity contribution < 1.29 is 4.74 Å². The monoisotopic (exact) mass is 278 g/mol. The normalized spacial score (nSPS) is 21.7. The van der Waals surface area contributed by atoms with E-state index in [1.54, 1.807) is 0 Å². The van der Waals surface area contributed by atoms with E-state index < -0.39 is 8.07 Å². The minimum atomic E-state index is -1.19. The fraction of sp³-hybridized carbons (Fsp3) is 0.600. The molecular weight excluding hydrogens is 252 g/mol. The lowest BCUT2D eigenvalue weighted by Crippen LogP contribution is -2.41. The molecule has 2 unspecified atom stereocenters. The second-order valence-electron chi connectivity index (χ2n) is 6.59. The van der Waals surface area contributed by atoms with Crippen LogP contribution in [0.25, 0.3) is 0 Å². The van der Waals surface area contributed by atoms with Crippen molar-refractivity contribution in [1.29, 1.82) is 0 Å². The van der Waals surface area contributed by atoms with Gasteiger partial charge in [-0.3, -0.25) is 0 Å². The fourth-order valence-electron chi connectivity index (χ4n) is 2.25. The molecule has 0 saturated carbocycles. The summed E-state index contributed by atoms with van der Waals surface area (Å²) in [6.07, 6.45) is 1.50. The van der Waals surface area contributed by atoms with E-state index in [0.717, 1.165) is 25.2 Å². The van der Waals surface area contributed by atoms with Crippen LogP contribution in [-0.4, -0.2) is 33.0 Å². The first-order valence-corrected chi connectivity index (χ1v) is 10.7. The van der Waals surface area contributed by atoms with Crippen LogP contribution in [0.3, 0.4) is 0 Å². The zero-order chi connectivity index (χ0) is 14.0. The lowest BCUT2D eigenvalue weighted by atomic mass is 10.2. The molecule has 0 bridgehead atoms. The van der Waals surface area contributed by atoms with Gasteiger partial charge in [-0.15, -0.1) is 0 Å². The van der Waals surface area contributed by atoms with E-state index in [2.05, 4.69) is 43.6 Å². The molecule has 0 radical (unpaired) electrons. The van der Waals surface area contributed by atoms with Gasteiger partial charge < -0.3 is 15.4 Å². The number of hydrogen-bond donors (Lipinski definition) is 1. The zero-order valence-corrected chi connectivity index (χ0v) is 13.5. The van der Waals surface area contributed by atoms with Crippen LogP contribution in [0, 0.1) is 0 Å². The van der Waals surface area contributed by atoms with E-state index in [-0.39, 0.29) is 0 Å². The van der Waals surface area contributed by atoms with Crippen molar-refractivity contribution in [2.45, 2.75) is 44.8 Å².